The van der Waals surface area contributed by atoms with Crippen LogP contribution in [-0.4, -0.2) is 16.5 Å². The zero-order valence-electron chi connectivity index (χ0n) is 10.0. The largest absolute Gasteiger partial charge is 0.368 e. The zero-order chi connectivity index (χ0) is 11.7. The summed E-state index contributed by atoms with van der Waals surface area (Å²) in [5, 5.41) is 3.02. The molecule has 16 heavy (non-hydrogen) atoms. The second kappa shape index (κ2) is 4.36. The van der Waals surface area contributed by atoms with Crippen molar-refractivity contribution in [2.45, 2.75) is 39.5 Å². The number of hydrogen-bond acceptors (Lipinski definition) is 3. The van der Waals surface area contributed by atoms with Gasteiger partial charge in [-0.1, -0.05) is 13.8 Å². The molecule has 1 heterocycles. The van der Waals surface area contributed by atoms with Gasteiger partial charge in [-0.25, -0.2) is 14.4 Å². The quantitative estimate of drug-likeness (QED) is 0.852. The lowest BCUT2D eigenvalue weighted by molar-refractivity contribution is 0.598. The minimum atomic E-state index is -0.314. The highest BCUT2D eigenvalue weighted by Gasteiger charge is 2.37. The number of hydrogen-bond donors (Lipinski definition) is 1. The third kappa shape index (κ3) is 2.15. The topological polar surface area (TPSA) is 37.8 Å². The van der Waals surface area contributed by atoms with Crippen LogP contribution in [0.3, 0.4) is 0 Å². The molecule has 1 aliphatic rings. The maximum absolute atomic E-state index is 13.7. The first kappa shape index (κ1) is 11.3. The van der Waals surface area contributed by atoms with Gasteiger partial charge in [0.25, 0.3) is 0 Å². The molecule has 3 nitrogen and oxygen atoms in total. The van der Waals surface area contributed by atoms with Gasteiger partial charge in [0.15, 0.2) is 11.6 Å². The van der Waals surface area contributed by atoms with Crippen molar-refractivity contribution in [3.05, 3.63) is 17.3 Å². The number of aromatic nitrogens is 2. The summed E-state index contributed by atoms with van der Waals surface area (Å²) in [6.45, 7) is 6.66. The Morgan fingerprint density at radius 2 is 2.12 bits per heavy atom. The molecular weight excluding hydrogens is 205 g/mol. The van der Waals surface area contributed by atoms with Crippen LogP contribution in [0.4, 0.5) is 10.2 Å². The number of halogens is 1. The summed E-state index contributed by atoms with van der Waals surface area (Å²) in [5.74, 6) is 1.92. The maximum Gasteiger partial charge on any atom is 0.186 e. The molecule has 1 saturated carbocycles. The third-order valence-electron chi connectivity index (χ3n) is 3.02. The van der Waals surface area contributed by atoms with E-state index in [-0.39, 0.29) is 5.82 Å². The molecule has 0 amide bonds. The van der Waals surface area contributed by atoms with Gasteiger partial charge in [0, 0.05) is 12.5 Å². The molecule has 1 N–H and O–H groups in total. The summed E-state index contributed by atoms with van der Waals surface area (Å²) in [4.78, 5) is 8.51. The fourth-order valence-electron chi connectivity index (χ4n) is 1.79. The smallest absolute Gasteiger partial charge is 0.186 e. The molecule has 1 aromatic rings. The van der Waals surface area contributed by atoms with Crippen LogP contribution in [0.2, 0.25) is 0 Å². The van der Waals surface area contributed by atoms with Crippen molar-refractivity contribution < 1.29 is 4.39 Å². The molecule has 1 aliphatic carbocycles. The Kier molecular flexibility index (Phi) is 3.08. The van der Waals surface area contributed by atoms with Gasteiger partial charge < -0.3 is 5.32 Å². The monoisotopic (exact) mass is 223 g/mol. The van der Waals surface area contributed by atoms with Crippen LogP contribution in [0.5, 0.6) is 0 Å². The first-order chi connectivity index (χ1) is 7.63. The predicted molar refractivity (Wildman–Crippen MR) is 62.0 cm³/mol. The summed E-state index contributed by atoms with van der Waals surface area (Å²) in [6.07, 6.45) is 2.08. The highest BCUT2D eigenvalue weighted by molar-refractivity contribution is 5.39. The first-order valence-corrected chi connectivity index (χ1v) is 5.91. The lowest BCUT2D eigenvalue weighted by Crippen LogP contribution is -2.09. The van der Waals surface area contributed by atoms with Gasteiger partial charge >= 0.3 is 0 Å². The van der Waals surface area contributed by atoms with E-state index in [1.165, 1.54) is 0 Å². The van der Waals surface area contributed by atoms with Crippen LogP contribution < -0.4 is 5.32 Å². The van der Waals surface area contributed by atoms with Gasteiger partial charge in [-0.15, -0.1) is 0 Å². The van der Waals surface area contributed by atoms with Gasteiger partial charge in [-0.3, -0.25) is 0 Å². The van der Waals surface area contributed by atoms with Crippen LogP contribution in [0, 0.1) is 18.7 Å². The Balaban J connectivity index is 2.24. The molecule has 4 heteroatoms. The van der Waals surface area contributed by atoms with Crippen LogP contribution in [0.15, 0.2) is 0 Å². The highest BCUT2D eigenvalue weighted by Crippen LogP contribution is 2.45. The van der Waals surface area contributed by atoms with Gasteiger partial charge in [0.2, 0.25) is 0 Å². The number of rotatable bonds is 4. The molecule has 2 unspecified atom stereocenters. The minimum Gasteiger partial charge on any atom is -0.368 e. The normalized spacial score (nSPS) is 23.2. The van der Waals surface area contributed by atoms with Crippen LogP contribution in [0.25, 0.3) is 0 Å². The molecule has 1 aromatic heterocycles. The van der Waals surface area contributed by atoms with Crippen molar-refractivity contribution in [2.24, 2.45) is 5.92 Å². The molecule has 2 atom stereocenters. The molecule has 0 spiro atoms. The lowest BCUT2D eigenvalue weighted by Gasteiger charge is -2.09. The van der Waals surface area contributed by atoms with E-state index in [9.17, 15) is 4.39 Å². The average Bonchev–Trinajstić information content (AvgIpc) is 2.97. The molecule has 0 aliphatic heterocycles. The standard InChI is InChI=1S/C12H18FN3/c1-4-5-14-12-10(13)8(3)15-11(16-12)9-6-7(9)2/h7,9H,4-6H2,1-3H3,(H,14,15,16). The fourth-order valence-corrected chi connectivity index (χ4v) is 1.79. The minimum absolute atomic E-state index is 0.314. The van der Waals surface area contributed by atoms with Crippen LogP contribution >= 0.6 is 0 Å². The molecule has 2 rings (SSSR count). The predicted octanol–water partition coefficient (Wildman–Crippen LogP) is 2.87. The van der Waals surface area contributed by atoms with Crippen molar-refractivity contribution in [3.8, 4) is 0 Å². The van der Waals surface area contributed by atoms with E-state index in [1.54, 1.807) is 6.92 Å². The second-order valence-corrected chi connectivity index (χ2v) is 4.58. The van der Waals surface area contributed by atoms with E-state index >= 15 is 0 Å². The summed E-state index contributed by atoms with van der Waals surface area (Å²) in [7, 11) is 0. The van der Waals surface area contributed by atoms with E-state index in [0.29, 0.717) is 23.3 Å². The van der Waals surface area contributed by atoms with Crippen LogP contribution in [-0.2, 0) is 0 Å². The zero-order valence-corrected chi connectivity index (χ0v) is 10.0. The first-order valence-electron chi connectivity index (χ1n) is 5.91. The SMILES string of the molecule is CCCNc1nc(C2CC2C)nc(C)c1F. The lowest BCUT2D eigenvalue weighted by atomic mass is 10.3. The molecule has 0 aromatic carbocycles. The Hall–Kier alpha value is -1.19. The molecule has 0 saturated heterocycles. The van der Waals surface area contributed by atoms with Crippen molar-refractivity contribution in [1.82, 2.24) is 9.97 Å². The van der Waals surface area contributed by atoms with E-state index in [2.05, 4.69) is 22.2 Å². The molecule has 88 valence electrons. The molecule has 1 fully saturated rings. The maximum atomic E-state index is 13.7. The van der Waals surface area contributed by atoms with Crippen molar-refractivity contribution in [3.63, 3.8) is 0 Å². The highest BCUT2D eigenvalue weighted by atomic mass is 19.1. The van der Waals surface area contributed by atoms with Gasteiger partial charge in [0.05, 0.1) is 5.69 Å². The summed E-state index contributed by atoms with van der Waals surface area (Å²) in [6, 6.07) is 0. The Bertz CT molecular complexity index is 392. The number of nitrogens with zero attached hydrogens (tertiary/aromatic N) is 2. The average molecular weight is 223 g/mol. The van der Waals surface area contributed by atoms with Gasteiger partial charge in [-0.05, 0) is 25.7 Å². The fraction of sp³-hybridized carbons (Fsp3) is 0.667. The Morgan fingerprint density at radius 1 is 1.44 bits per heavy atom. The van der Waals surface area contributed by atoms with Gasteiger partial charge in [-0.2, -0.15) is 0 Å². The van der Waals surface area contributed by atoms with Crippen molar-refractivity contribution in [2.75, 3.05) is 11.9 Å². The van der Waals surface area contributed by atoms with E-state index in [4.69, 9.17) is 0 Å². The molecular formula is C12H18FN3. The third-order valence-corrected chi connectivity index (χ3v) is 3.02. The Labute approximate surface area is 95.5 Å². The van der Waals surface area contributed by atoms with E-state index in [1.807, 2.05) is 6.92 Å². The number of aryl methyl sites for hydroxylation is 1. The summed E-state index contributed by atoms with van der Waals surface area (Å²) >= 11 is 0. The Morgan fingerprint density at radius 3 is 2.69 bits per heavy atom. The van der Waals surface area contributed by atoms with E-state index < -0.39 is 0 Å². The van der Waals surface area contributed by atoms with Crippen molar-refractivity contribution >= 4 is 5.82 Å². The van der Waals surface area contributed by atoms with E-state index in [0.717, 1.165) is 25.2 Å². The van der Waals surface area contributed by atoms with Gasteiger partial charge in [0.1, 0.15) is 5.82 Å². The molecule has 0 bridgehead atoms. The van der Waals surface area contributed by atoms with Crippen LogP contribution in [0.1, 0.15) is 44.1 Å². The molecule has 0 radical (unpaired) electrons. The van der Waals surface area contributed by atoms with Crippen molar-refractivity contribution in [1.29, 1.82) is 0 Å². The second-order valence-electron chi connectivity index (χ2n) is 4.58. The number of nitrogens with one attached hydrogen (secondary N) is 1. The summed E-state index contributed by atoms with van der Waals surface area (Å²) in [5.41, 5.74) is 0.447. The number of anilines is 1. The summed E-state index contributed by atoms with van der Waals surface area (Å²) < 4.78 is 13.7.